The Labute approximate surface area is 129 Å². The minimum atomic E-state index is -0.144. The van der Waals surface area contributed by atoms with E-state index in [2.05, 4.69) is 5.32 Å². The first-order valence-electron chi connectivity index (χ1n) is 6.59. The number of nitrogens with one attached hydrogen (secondary N) is 1. The lowest BCUT2D eigenvalue weighted by Gasteiger charge is -2.21. The standard InChI is InChI=1S/C16H18ClN3O/c1-11-5-3-4-6-15(11)20(2)10-16(21)19-14-9-12(17)7-8-13(14)18/h3-9H,10,18H2,1-2H3,(H,19,21). The maximum Gasteiger partial charge on any atom is 0.243 e. The summed E-state index contributed by atoms with van der Waals surface area (Å²) in [6.45, 7) is 2.25. The van der Waals surface area contributed by atoms with Gasteiger partial charge in [-0.3, -0.25) is 4.79 Å². The number of carbonyl (C=O) groups is 1. The van der Waals surface area contributed by atoms with Crippen molar-refractivity contribution in [1.82, 2.24) is 0 Å². The zero-order valence-electron chi connectivity index (χ0n) is 12.1. The van der Waals surface area contributed by atoms with Crippen LogP contribution in [-0.4, -0.2) is 19.5 Å². The zero-order valence-corrected chi connectivity index (χ0v) is 12.8. The highest BCUT2D eigenvalue weighted by atomic mass is 35.5. The van der Waals surface area contributed by atoms with E-state index in [0.29, 0.717) is 16.4 Å². The van der Waals surface area contributed by atoms with Gasteiger partial charge in [0, 0.05) is 17.8 Å². The van der Waals surface area contributed by atoms with Crippen molar-refractivity contribution in [2.75, 3.05) is 29.5 Å². The fourth-order valence-electron chi connectivity index (χ4n) is 2.12. The number of rotatable bonds is 4. The maximum atomic E-state index is 12.1. The molecule has 0 heterocycles. The molecule has 21 heavy (non-hydrogen) atoms. The largest absolute Gasteiger partial charge is 0.397 e. The van der Waals surface area contributed by atoms with Crippen molar-refractivity contribution >= 4 is 34.6 Å². The fourth-order valence-corrected chi connectivity index (χ4v) is 2.29. The van der Waals surface area contributed by atoms with Crippen LogP contribution < -0.4 is 16.0 Å². The molecule has 0 aliphatic heterocycles. The molecule has 5 heteroatoms. The number of anilines is 3. The number of nitrogen functional groups attached to an aromatic ring is 1. The molecule has 0 bridgehead atoms. The Kier molecular flexibility index (Phi) is 4.70. The van der Waals surface area contributed by atoms with Gasteiger partial charge in [0.15, 0.2) is 0 Å². The second-order valence-corrected chi connectivity index (χ2v) is 5.36. The molecule has 2 aromatic rings. The highest BCUT2D eigenvalue weighted by molar-refractivity contribution is 6.31. The van der Waals surface area contributed by atoms with Gasteiger partial charge in [0.1, 0.15) is 0 Å². The number of aryl methyl sites for hydroxylation is 1. The summed E-state index contributed by atoms with van der Waals surface area (Å²) in [5, 5.41) is 3.32. The van der Waals surface area contributed by atoms with Gasteiger partial charge in [0.2, 0.25) is 5.91 Å². The van der Waals surface area contributed by atoms with Crippen molar-refractivity contribution in [3.8, 4) is 0 Å². The fraction of sp³-hybridized carbons (Fsp3) is 0.188. The maximum absolute atomic E-state index is 12.1. The number of hydrogen-bond donors (Lipinski definition) is 2. The number of para-hydroxylation sites is 1. The normalized spacial score (nSPS) is 10.2. The van der Waals surface area contributed by atoms with Crippen LogP contribution in [-0.2, 0) is 4.79 Å². The molecule has 1 amide bonds. The lowest BCUT2D eigenvalue weighted by atomic mass is 10.2. The zero-order chi connectivity index (χ0) is 15.4. The van der Waals surface area contributed by atoms with Gasteiger partial charge in [-0.2, -0.15) is 0 Å². The molecule has 0 aliphatic carbocycles. The summed E-state index contributed by atoms with van der Waals surface area (Å²) in [5.41, 5.74) is 8.98. The molecule has 0 saturated carbocycles. The molecule has 0 saturated heterocycles. The van der Waals surface area contributed by atoms with Gasteiger partial charge in [-0.05, 0) is 36.8 Å². The predicted molar refractivity (Wildman–Crippen MR) is 88.9 cm³/mol. The summed E-state index contributed by atoms with van der Waals surface area (Å²) in [4.78, 5) is 14.0. The van der Waals surface area contributed by atoms with Crippen molar-refractivity contribution in [3.05, 3.63) is 53.1 Å². The second-order valence-electron chi connectivity index (χ2n) is 4.92. The van der Waals surface area contributed by atoms with E-state index in [1.807, 2.05) is 43.1 Å². The first-order valence-corrected chi connectivity index (χ1v) is 6.97. The van der Waals surface area contributed by atoms with Gasteiger partial charge in [0.25, 0.3) is 0 Å². The third-order valence-corrected chi connectivity index (χ3v) is 3.43. The molecule has 3 N–H and O–H groups in total. The van der Waals surface area contributed by atoms with E-state index in [1.165, 1.54) is 0 Å². The van der Waals surface area contributed by atoms with E-state index in [0.717, 1.165) is 11.3 Å². The number of halogens is 1. The van der Waals surface area contributed by atoms with Crippen molar-refractivity contribution in [1.29, 1.82) is 0 Å². The van der Waals surface area contributed by atoms with Crippen LogP contribution in [0, 0.1) is 6.92 Å². The molecule has 0 spiro atoms. The highest BCUT2D eigenvalue weighted by Gasteiger charge is 2.11. The summed E-state index contributed by atoms with van der Waals surface area (Å²) in [5.74, 6) is -0.144. The summed E-state index contributed by atoms with van der Waals surface area (Å²) in [7, 11) is 1.88. The topological polar surface area (TPSA) is 58.4 Å². The van der Waals surface area contributed by atoms with Crippen molar-refractivity contribution < 1.29 is 4.79 Å². The Hall–Kier alpha value is -2.20. The van der Waals surface area contributed by atoms with Crippen LogP contribution in [0.1, 0.15) is 5.56 Å². The molecule has 110 valence electrons. The Morgan fingerprint density at radius 2 is 2.00 bits per heavy atom. The molecule has 2 aromatic carbocycles. The lowest BCUT2D eigenvalue weighted by molar-refractivity contribution is -0.114. The number of carbonyl (C=O) groups excluding carboxylic acids is 1. The third-order valence-electron chi connectivity index (χ3n) is 3.20. The van der Waals surface area contributed by atoms with Crippen LogP contribution in [0.2, 0.25) is 5.02 Å². The van der Waals surface area contributed by atoms with E-state index < -0.39 is 0 Å². The van der Waals surface area contributed by atoms with Crippen LogP contribution in [0.5, 0.6) is 0 Å². The van der Waals surface area contributed by atoms with Gasteiger partial charge in [0.05, 0.1) is 17.9 Å². The number of nitrogens with zero attached hydrogens (tertiary/aromatic N) is 1. The smallest absolute Gasteiger partial charge is 0.243 e. The van der Waals surface area contributed by atoms with E-state index in [-0.39, 0.29) is 12.5 Å². The Balaban J connectivity index is 2.05. The van der Waals surface area contributed by atoms with Crippen LogP contribution in [0.25, 0.3) is 0 Å². The van der Waals surface area contributed by atoms with Crippen LogP contribution in [0.3, 0.4) is 0 Å². The second kappa shape index (κ2) is 6.50. The quantitative estimate of drug-likeness (QED) is 0.852. The van der Waals surface area contributed by atoms with E-state index >= 15 is 0 Å². The molecule has 0 aliphatic rings. The molecule has 0 atom stereocenters. The average molecular weight is 304 g/mol. The molecule has 0 aromatic heterocycles. The third kappa shape index (κ3) is 3.89. The van der Waals surface area contributed by atoms with E-state index in [9.17, 15) is 4.79 Å². The number of likely N-dealkylation sites (N-methyl/N-ethyl adjacent to an activating group) is 1. The molecule has 4 nitrogen and oxygen atoms in total. The Bertz CT molecular complexity index is 658. The van der Waals surface area contributed by atoms with Crippen molar-refractivity contribution in [3.63, 3.8) is 0 Å². The average Bonchev–Trinajstić information content (AvgIpc) is 2.43. The molecule has 0 unspecified atom stereocenters. The summed E-state index contributed by atoms with van der Waals surface area (Å²) in [6, 6.07) is 12.9. The number of nitrogens with two attached hydrogens (primary N) is 1. The number of benzene rings is 2. The predicted octanol–water partition coefficient (Wildman–Crippen LogP) is 3.31. The van der Waals surface area contributed by atoms with E-state index in [1.54, 1.807) is 18.2 Å². The monoisotopic (exact) mass is 303 g/mol. The summed E-state index contributed by atoms with van der Waals surface area (Å²) < 4.78 is 0. The minimum Gasteiger partial charge on any atom is -0.397 e. The molecular weight excluding hydrogens is 286 g/mol. The van der Waals surface area contributed by atoms with Gasteiger partial charge in [-0.25, -0.2) is 0 Å². The van der Waals surface area contributed by atoms with Gasteiger partial charge >= 0.3 is 0 Å². The molecule has 2 rings (SSSR count). The first kappa shape index (κ1) is 15.2. The molecular formula is C16H18ClN3O. The SMILES string of the molecule is Cc1ccccc1N(C)CC(=O)Nc1cc(Cl)ccc1N. The lowest BCUT2D eigenvalue weighted by Crippen LogP contribution is -2.30. The van der Waals surface area contributed by atoms with E-state index in [4.69, 9.17) is 17.3 Å². The molecule has 0 fully saturated rings. The highest BCUT2D eigenvalue weighted by Crippen LogP contribution is 2.23. The minimum absolute atomic E-state index is 0.144. The summed E-state index contributed by atoms with van der Waals surface area (Å²) >= 11 is 5.91. The Morgan fingerprint density at radius 1 is 1.29 bits per heavy atom. The van der Waals surface area contributed by atoms with Gasteiger partial charge in [-0.15, -0.1) is 0 Å². The van der Waals surface area contributed by atoms with Gasteiger partial charge < -0.3 is 16.0 Å². The van der Waals surface area contributed by atoms with Gasteiger partial charge in [-0.1, -0.05) is 29.8 Å². The number of hydrogen-bond acceptors (Lipinski definition) is 3. The molecule has 0 radical (unpaired) electrons. The Morgan fingerprint density at radius 3 is 2.71 bits per heavy atom. The van der Waals surface area contributed by atoms with Crippen LogP contribution >= 0.6 is 11.6 Å². The summed E-state index contributed by atoms with van der Waals surface area (Å²) in [6.07, 6.45) is 0. The van der Waals surface area contributed by atoms with Crippen molar-refractivity contribution in [2.45, 2.75) is 6.92 Å². The van der Waals surface area contributed by atoms with Crippen LogP contribution in [0.15, 0.2) is 42.5 Å². The van der Waals surface area contributed by atoms with Crippen molar-refractivity contribution in [2.24, 2.45) is 0 Å². The number of amides is 1. The first-order chi connectivity index (χ1) is 9.97. The van der Waals surface area contributed by atoms with Crippen LogP contribution in [0.4, 0.5) is 17.1 Å².